The molecule has 1 rings (SSSR count). The fraction of sp³-hybridized carbons (Fsp3) is 1.00. The standard InChI is InChI=1S/C11H24N2O4S2/c1-10-4-3-5-11(8-10,9-12)13-19(16,17)7-6-18(2,14)15/h10,13H,3-9,12H2,1-2H3. The second-order valence-corrected chi connectivity index (χ2v) is 9.84. The van der Waals surface area contributed by atoms with Crippen molar-refractivity contribution in [3.8, 4) is 0 Å². The van der Waals surface area contributed by atoms with Crippen molar-refractivity contribution in [1.82, 2.24) is 4.72 Å². The maximum absolute atomic E-state index is 12.0. The summed E-state index contributed by atoms with van der Waals surface area (Å²) in [7, 11) is -6.90. The average Bonchev–Trinajstić information content (AvgIpc) is 2.25. The Bertz CT molecular complexity index is 501. The lowest BCUT2D eigenvalue weighted by Gasteiger charge is -2.39. The number of nitrogens with two attached hydrogens (primary N) is 1. The quantitative estimate of drug-likeness (QED) is 0.710. The number of sulfonamides is 1. The van der Waals surface area contributed by atoms with Gasteiger partial charge in [-0.15, -0.1) is 0 Å². The van der Waals surface area contributed by atoms with Crippen molar-refractivity contribution in [3.63, 3.8) is 0 Å². The number of rotatable bonds is 6. The molecule has 0 spiro atoms. The highest BCUT2D eigenvalue weighted by Gasteiger charge is 2.37. The first-order chi connectivity index (χ1) is 8.58. The number of sulfone groups is 1. The van der Waals surface area contributed by atoms with Crippen LogP contribution in [0, 0.1) is 5.92 Å². The molecule has 19 heavy (non-hydrogen) atoms. The Morgan fingerprint density at radius 3 is 2.37 bits per heavy atom. The number of hydrogen-bond acceptors (Lipinski definition) is 5. The van der Waals surface area contributed by atoms with E-state index in [1.54, 1.807) is 0 Å². The maximum Gasteiger partial charge on any atom is 0.213 e. The summed E-state index contributed by atoms with van der Waals surface area (Å²) in [6, 6.07) is 0. The summed E-state index contributed by atoms with van der Waals surface area (Å²) in [5.41, 5.74) is 5.14. The summed E-state index contributed by atoms with van der Waals surface area (Å²) >= 11 is 0. The highest BCUT2D eigenvalue weighted by atomic mass is 32.2. The van der Waals surface area contributed by atoms with Crippen LogP contribution in [0.25, 0.3) is 0 Å². The topological polar surface area (TPSA) is 106 Å². The number of hydrogen-bond donors (Lipinski definition) is 2. The van der Waals surface area contributed by atoms with Crippen LogP contribution >= 0.6 is 0 Å². The molecule has 0 bridgehead atoms. The molecule has 0 radical (unpaired) electrons. The van der Waals surface area contributed by atoms with Gasteiger partial charge in [-0.3, -0.25) is 0 Å². The Kier molecular flexibility index (Phi) is 5.39. The van der Waals surface area contributed by atoms with E-state index in [1.807, 2.05) is 0 Å². The Labute approximate surface area is 116 Å². The maximum atomic E-state index is 12.0. The minimum Gasteiger partial charge on any atom is -0.329 e. The van der Waals surface area contributed by atoms with Crippen molar-refractivity contribution in [2.24, 2.45) is 11.7 Å². The van der Waals surface area contributed by atoms with E-state index < -0.39 is 31.2 Å². The molecular formula is C11H24N2O4S2. The summed E-state index contributed by atoms with van der Waals surface area (Å²) in [4.78, 5) is 0. The first kappa shape index (κ1) is 16.9. The summed E-state index contributed by atoms with van der Waals surface area (Å²) < 4.78 is 48.7. The zero-order valence-corrected chi connectivity index (χ0v) is 13.2. The molecule has 0 aromatic rings. The summed E-state index contributed by atoms with van der Waals surface area (Å²) in [5, 5.41) is 0. The highest BCUT2D eigenvalue weighted by molar-refractivity contribution is 7.93. The SMILES string of the molecule is CC1CCCC(CN)(NS(=O)(=O)CCS(C)(=O)=O)C1. The van der Waals surface area contributed by atoms with Gasteiger partial charge in [0.15, 0.2) is 0 Å². The fourth-order valence-electron chi connectivity index (χ4n) is 2.62. The molecule has 1 aliphatic carbocycles. The van der Waals surface area contributed by atoms with Gasteiger partial charge in [-0.2, -0.15) is 0 Å². The van der Waals surface area contributed by atoms with Gasteiger partial charge in [-0.1, -0.05) is 19.8 Å². The first-order valence-corrected chi connectivity index (χ1v) is 10.2. The Balaban J connectivity index is 2.74. The van der Waals surface area contributed by atoms with Gasteiger partial charge in [-0.25, -0.2) is 21.6 Å². The van der Waals surface area contributed by atoms with Crippen molar-refractivity contribution >= 4 is 19.9 Å². The molecule has 1 fully saturated rings. The lowest BCUT2D eigenvalue weighted by molar-refractivity contribution is 0.223. The van der Waals surface area contributed by atoms with Gasteiger partial charge in [0, 0.05) is 18.3 Å². The van der Waals surface area contributed by atoms with Crippen LogP contribution in [0.5, 0.6) is 0 Å². The minimum absolute atomic E-state index is 0.245. The van der Waals surface area contributed by atoms with Gasteiger partial charge in [0.05, 0.1) is 11.5 Å². The van der Waals surface area contributed by atoms with E-state index in [0.717, 1.165) is 19.1 Å². The van der Waals surface area contributed by atoms with Crippen LogP contribution in [0.3, 0.4) is 0 Å². The average molecular weight is 312 g/mol. The van der Waals surface area contributed by atoms with Crippen LogP contribution in [0.4, 0.5) is 0 Å². The molecule has 1 saturated carbocycles. The molecule has 3 N–H and O–H groups in total. The first-order valence-electron chi connectivity index (χ1n) is 6.47. The molecule has 2 unspecified atom stereocenters. The zero-order chi connectivity index (χ0) is 14.7. The fourth-order valence-corrected chi connectivity index (χ4v) is 5.74. The van der Waals surface area contributed by atoms with Gasteiger partial charge in [-0.05, 0) is 18.8 Å². The smallest absolute Gasteiger partial charge is 0.213 e. The highest BCUT2D eigenvalue weighted by Crippen LogP contribution is 2.32. The Hall–Kier alpha value is -0.180. The van der Waals surface area contributed by atoms with E-state index in [9.17, 15) is 16.8 Å². The number of nitrogens with one attached hydrogen (secondary N) is 1. The Morgan fingerprint density at radius 1 is 1.26 bits per heavy atom. The normalized spacial score (nSPS) is 29.3. The van der Waals surface area contributed by atoms with E-state index in [1.165, 1.54) is 0 Å². The molecule has 0 aromatic heterocycles. The van der Waals surface area contributed by atoms with E-state index in [4.69, 9.17) is 5.73 Å². The molecule has 0 amide bonds. The Morgan fingerprint density at radius 2 is 1.89 bits per heavy atom. The van der Waals surface area contributed by atoms with E-state index in [0.29, 0.717) is 18.8 Å². The third kappa shape index (κ3) is 5.76. The summed E-state index contributed by atoms with van der Waals surface area (Å²) in [5.74, 6) is -0.338. The van der Waals surface area contributed by atoms with E-state index >= 15 is 0 Å². The zero-order valence-electron chi connectivity index (χ0n) is 11.6. The lowest BCUT2D eigenvalue weighted by atomic mass is 9.77. The molecule has 0 heterocycles. The van der Waals surface area contributed by atoms with E-state index in [-0.39, 0.29) is 12.3 Å². The van der Waals surface area contributed by atoms with Gasteiger partial charge in [0.2, 0.25) is 10.0 Å². The summed E-state index contributed by atoms with van der Waals surface area (Å²) in [6.07, 6.45) is 4.47. The molecular weight excluding hydrogens is 288 g/mol. The molecule has 0 aliphatic heterocycles. The van der Waals surface area contributed by atoms with Crippen molar-refractivity contribution < 1.29 is 16.8 Å². The van der Waals surface area contributed by atoms with Crippen LogP contribution in [0.2, 0.25) is 0 Å². The molecule has 0 aromatic carbocycles. The molecule has 6 nitrogen and oxygen atoms in total. The lowest BCUT2D eigenvalue weighted by Crippen LogP contribution is -2.56. The predicted molar refractivity (Wildman–Crippen MR) is 76.1 cm³/mol. The van der Waals surface area contributed by atoms with Crippen molar-refractivity contribution in [2.45, 2.75) is 38.1 Å². The second kappa shape index (κ2) is 6.07. The van der Waals surface area contributed by atoms with Crippen molar-refractivity contribution in [2.75, 3.05) is 24.3 Å². The minimum atomic E-state index is -3.62. The van der Waals surface area contributed by atoms with E-state index in [2.05, 4.69) is 11.6 Å². The van der Waals surface area contributed by atoms with Gasteiger partial charge in [0.25, 0.3) is 0 Å². The molecule has 0 saturated heterocycles. The molecule has 1 aliphatic rings. The van der Waals surface area contributed by atoms with Crippen LogP contribution in [0.1, 0.15) is 32.6 Å². The van der Waals surface area contributed by atoms with Gasteiger partial charge < -0.3 is 5.73 Å². The molecule has 2 atom stereocenters. The van der Waals surface area contributed by atoms with Crippen molar-refractivity contribution in [3.05, 3.63) is 0 Å². The molecule has 8 heteroatoms. The van der Waals surface area contributed by atoms with Crippen LogP contribution in [0.15, 0.2) is 0 Å². The third-order valence-electron chi connectivity index (χ3n) is 3.58. The molecule has 114 valence electrons. The largest absolute Gasteiger partial charge is 0.329 e. The van der Waals surface area contributed by atoms with Gasteiger partial charge in [0.1, 0.15) is 9.84 Å². The third-order valence-corrected chi connectivity index (χ3v) is 6.27. The summed E-state index contributed by atoms with van der Waals surface area (Å²) in [6.45, 7) is 2.32. The van der Waals surface area contributed by atoms with Crippen LogP contribution < -0.4 is 10.5 Å². The second-order valence-electron chi connectivity index (χ2n) is 5.74. The monoisotopic (exact) mass is 312 g/mol. The predicted octanol–water partition coefficient (Wildman–Crippen LogP) is -0.142. The van der Waals surface area contributed by atoms with Crippen LogP contribution in [-0.2, 0) is 19.9 Å². The van der Waals surface area contributed by atoms with Crippen molar-refractivity contribution in [1.29, 1.82) is 0 Å². The van der Waals surface area contributed by atoms with Gasteiger partial charge >= 0.3 is 0 Å². The van der Waals surface area contributed by atoms with Crippen LogP contribution in [-0.4, -0.2) is 46.7 Å².